The first kappa shape index (κ1) is 12.0. The minimum Gasteiger partial charge on any atom is -0.392 e. The third kappa shape index (κ3) is 2.63. The van der Waals surface area contributed by atoms with Gasteiger partial charge in [-0.3, -0.25) is 0 Å². The van der Waals surface area contributed by atoms with Crippen LogP contribution in [0.1, 0.15) is 18.9 Å². The summed E-state index contributed by atoms with van der Waals surface area (Å²) >= 11 is 1.14. The molecule has 2 N–H and O–H groups in total. The Morgan fingerprint density at radius 2 is 2.31 bits per heavy atom. The van der Waals surface area contributed by atoms with Crippen LogP contribution in [-0.4, -0.2) is 20.1 Å². The second-order valence-electron chi connectivity index (χ2n) is 4.26. The monoisotopic (exact) mass is 261 g/mol. The molecule has 1 aromatic heterocycles. The van der Waals surface area contributed by atoms with Crippen LogP contribution >= 0.6 is 11.3 Å². The van der Waals surface area contributed by atoms with Gasteiger partial charge in [-0.05, 0) is 35.3 Å². The van der Waals surface area contributed by atoms with E-state index in [1.54, 1.807) is 5.38 Å². The van der Waals surface area contributed by atoms with E-state index >= 15 is 0 Å². The van der Waals surface area contributed by atoms with E-state index in [0.29, 0.717) is 23.9 Å². The summed E-state index contributed by atoms with van der Waals surface area (Å²) in [4.78, 5) is 0. The van der Waals surface area contributed by atoms with Crippen LogP contribution in [0.5, 0.6) is 0 Å². The molecular formula is C10H15NO3S2. The van der Waals surface area contributed by atoms with E-state index in [1.807, 2.05) is 0 Å². The molecule has 1 heterocycles. The fourth-order valence-electron chi connectivity index (χ4n) is 1.55. The first-order valence-electron chi connectivity index (χ1n) is 5.21. The number of thiophene rings is 1. The zero-order valence-electron chi connectivity index (χ0n) is 9.01. The number of hydrogen-bond donors (Lipinski definition) is 2. The van der Waals surface area contributed by atoms with Gasteiger partial charge in [0.05, 0.1) is 6.61 Å². The molecule has 90 valence electrons. The Morgan fingerprint density at radius 3 is 2.81 bits per heavy atom. The number of nitrogens with one attached hydrogen (secondary N) is 1. The molecule has 1 aromatic rings. The van der Waals surface area contributed by atoms with Crippen molar-refractivity contribution in [1.82, 2.24) is 4.72 Å². The van der Waals surface area contributed by atoms with Crippen molar-refractivity contribution in [3.05, 3.63) is 17.0 Å². The maximum Gasteiger partial charge on any atom is 0.250 e. The predicted octanol–water partition coefficient (Wildman–Crippen LogP) is 1.17. The second kappa shape index (κ2) is 4.44. The Morgan fingerprint density at radius 1 is 1.62 bits per heavy atom. The minimum atomic E-state index is -3.37. The third-order valence-corrected chi connectivity index (χ3v) is 5.80. The third-order valence-electron chi connectivity index (χ3n) is 2.89. The van der Waals surface area contributed by atoms with E-state index in [1.165, 1.54) is 6.07 Å². The van der Waals surface area contributed by atoms with Crippen LogP contribution in [0.25, 0.3) is 0 Å². The van der Waals surface area contributed by atoms with Crippen molar-refractivity contribution in [2.75, 3.05) is 6.54 Å². The summed E-state index contributed by atoms with van der Waals surface area (Å²) in [5.41, 5.74) is 0.644. The molecule has 0 spiro atoms. The van der Waals surface area contributed by atoms with Crippen molar-refractivity contribution in [3.8, 4) is 0 Å². The lowest BCUT2D eigenvalue weighted by atomic mass is 10.3. The highest BCUT2D eigenvalue weighted by Gasteiger charge is 2.33. The summed E-state index contributed by atoms with van der Waals surface area (Å²) in [6.07, 6.45) is 1.11. The normalized spacial score (nSPS) is 24.6. The van der Waals surface area contributed by atoms with Crippen molar-refractivity contribution >= 4 is 21.4 Å². The number of hydrogen-bond acceptors (Lipinski definition) is 4. The summed E-state index contributed by atoms with van der Waals surface area (Å²) in [7, 11) is -3.37. The Hall–Kier alpha value is -0.430. The van der Waals surface area contributed by atoms with Gasteiger partial charge >= 0.3 is 0 Å². The van der Waals surface area contributed by atoms with E-state index in [-0.39, 0.29) is 10.8 Å². The van der Waals surface area contributed by atoms with Crippen LogP contribution in [0, 0.1) is 11.8 Å². The summed E-state index contributed by atoms with van der Waals surface area (Å²) in [5.74, 6) is 1.13. The summed E-state index contributed by atoms with van der Waals surface area (Å²) in [5, 5.41) is 10.5. The molecular weight excluding hydrogens is 246 g/mol. The van der Waals surface area contributed by atoms with Crippen LogP contribution in [0.4, 0.5) is 0 Å². The highest BCUT2D eigenvalue weighted by Crippen LogP contribution is 2.37. The lowest BCUT2D eigenvalue weighted by Crippen LogP contribution is -2.25. The van der Waals surface area contributed by atoms with Gasteiger partial charge in [-0.2, -0.15) is 0 Å². The average molecular weight is 261 g/mol. The maximum absolute atomic E-state index is 11.8. The average Bonchev–Trinajstić information content (AvgIpc) is 2.78. The van der Waals surface area contributed by atoms with Crippen molar-refractivity contribution < 1.29 is 13.5 Å². The van der Waals surface area contributed by atoms with Gasteiger partial charge in [0.2, 0.25) is 10.0 Å². The van der Waals surface area contributed by atoms with Crippen molar-refractivity contribution in [1.29, 1.82) is 0 Å². The molecule has 1 saturated carbocycles. The van der Waals surface area contributed by atoms with Gasteiger partial charge in [-0.15, -0.1) is 11.3 Å². The molecule has 2 atom stereocenters. The van der Waals surface area contributed by atoms with E-state index < -0.39 is 10.0 Å². The van der Waals surface area contributed by atoms with Crippen LogP contribution < -0.4 is 4.72 Å². The Labute approximate surface area is 99.4 Å². The summed E-state index contributed by atoms with van der Waals surface area (Å²) in [6.45, 7) is 2.52. The first-order valence-corrected chi connectivity index (χ1v) is 7.57. The van der Waals surface area contributed by atoms with E-state index in [4.69, 9.17) is 5.11 Å². The first-order chi connectivity index (χ1) is 7.53. The molecule has 0 saturated heterocycles. The Kier molecular flexibility index (Phi) is 3.34. The lowest BCUT2D eigenvalue weighted by Gasteiger charge is -2.03. The van der Waals surface area contributed by atoms with Gasteiger partial charge in [-0.25, -0.2) is 13.1 Å². The summed E-state index contributed by atoms with van der Waals surface area (Å²) < 4.78 is 26.5. The van der Waals surface area contributed by atoms with Gasteiger partial charge in [0.25, 0.3) is 0 Å². The van der Waals surface area contributed by atoms with Gasteiger partial charge in [0.1, 0.15) is 4.21 Å². The van der Waals surface area contributed by atoms with Crippen LogP contribution in [0.3, 0.4) is 0 Å². The molecule has 16 heavy (non-hydrogen) atoms. The zero-order chi connectivity index (χ0) is 11.8. The highest BCUT2D eigenvalue weighted by atomic mass is 32.2. The highest BCUT2D eigenvalue weighted by molar-refractivity contribution is 7.91. The van der Waals surface area contributed by atoms with Gasteiger partial charge < -0.3 is 5.11 Å². The fraction of sp³-hybridized carbons (Fsp3) is 0.600. The molecule has 1 aliphatic rings. The summed E-state index contributed by atoms with van der Waals surface area (Å²) in [6, 6.07) is 1.52. The zero-order valence-corrected chi connectivity index (χ0v) is 10.6. The topological polar surface area (TPSA) is 66.4 Å². The van der Waals surface area contributed by atoms with E-state index in [0.717, 1.165) is 17.8 Å². The molecule has 6 heteroatoms. The SMILES string of the molecule is CC1CC1CNS(=O)(=O)c1cc(CO)cs1. The maximum atomic E-state index is 11.8. The van der Waals surface area contributed by atoms with Crippen LogP contribution in [0.15, 0.2) is 15.7 Å². The minimum absolute atomic E-state index is 0.119. The Balaban J connectivity index is 2.00. The smallest absolute Gasteiger partial charge is 0.250 e. The van der Waals surface area contributed by atoms with Crippen molar-refractivity contribution in [2.45, 2.75) is 24.2 Å². The van der Waals surface area contributed by atoms with E-state index in [2.05, 4.69) is 11.6 Å². The predicted molar refractivity (Wildman–Crippen MR) is 62.7 cm³/mol. The number of sulfonamides is 1. The fourth-order valence-corrected chi connectivity index (χ4v) is 3.89. The molecule has 2 rings (SSSR count). The molecule has 0 radical (unpaired) electrons. The molecule has 0 aliphatic heterocycles. The lowest BCUT2D eigenvalue weighted by molar-refractivity contribution is 0.282. The molecule has 0 amide bonds. The molecule has 4 nitrogen and oxygen atoms in total. The molecule has 0 aromatic carbocycles. The number of aliphatic hydroxyl groups excluding tert-OH is 1. The standard InChI is InChI=1S/C10H15NO3S2/c1-7-2-9(7)4-11-16(13,14)10-3-8(5-12)6-15-10/h3,6-7,9,11-12H,2,4-5H2,1H3. The van der Waals surface area contributed by atoms with E-state index in [9.17, 15) is 8.42 Å². The van der Waals surface area contributed by atoms with Crippen LogP contribution in [-0.2, 0) is 16.6 Å². The number of rotatable bonds is 5. The van der Waals surface area contributed by atoms with Crippen molar-refractivity contribution in [3.63, 3.8) is 0 Å². The number of aliphatic hydroxyl groups is 1. The molecule has 2 unspecified atom stereocenters. The molecule has 1 fully saturated rings. The molecule has 0 bridgehead atoms. The molecule has 1 aliphatic carbocycles. The Bertz CT molecular complexity index is 466. The largest absolute Gasteiger partial charge is 0.392 e. The van der Waals surface area contributed by atoms with Gasteiger partial charge in [-0.1, -0.05) is 6.92 Å². The van der Waals surface area contributed by atoms with Crippen LogP contribution in [0.2, 0.25) is 0 Å². The van der Waals surface area contributed by atoms with Gasteiger partial charge in [0, 0.05) is 6.54 Å². The second-order valence-corrected chi connectivity index (χ2v) is 7.16. The van der Waals surface area contributed by atoms with Gasteiger partial charge in [0.15, 0.2) is 0 Å². The quantitative estimate of drug-likeness (QED) is 0.836. The van der Waals surface area contributed by atoms with Crippen molar-refractivity contribution in [2.24, 2.45) is 11.8 Å².